The van der Waals surface area contributed by atoms with Crippen molar-refractivity contribution in [2.24, 2.45) is 5.92 Å². The van der Waals surface area contributed by atoms with Crippen LogP contribution in [0.1, 0.15) is 64.5 Å². The number of carbonyl (C=O) groups is 4. The summed E-state index contributed by atoms with van der Waals surface area (Å²) in [4.78, 5) is 54.9. The van der Waals surface area contributed by atoms with E-state index in [0.717, 1.165) is 22.3 Å². The van der Waals surface area contributed by atoms with E-state index in [9.17, 15) is 19.2 Å². The van der Waals surface area contributed by atoms with Crippen LogP contribution in [0.2, 0.25) is 0 Å². The van der Waals surface area contributed by atoms with Crippen molar-refractivity contribution in [1.29, 1.82) is 0 Å². The van der Waals surface area contributed by atoms with Crippen LogP contribution in [-0.4, -0.2) is 78.1 Å². The molecule has 1 heterocycles. The summed E-state index contributed by atoms with van der Waals surface area (Å²) < 4.78 is 11.0. The molecule has 2 aromatic rings. The Morgan fingerprint density at radius 3 is 2.15 bits per heavy atom. The van der Waals surface area contributed by atoms with Gasteiger partial charge in [0.05, 0.1) is 0 Å². The number of amides is 3. The number of nitrogens with one attached hydrogen (secondary N) is 1. The molecular weight excluding hydrogens is 522 g/mol. The predicted octanol–water partition coefficient (Wildman–Crippen LogP) is 4.34. The van der Waals surface area contributed by atoms with E-state index in [1.54, 1.807) is 20.8 Å². The van der Waals surface area contributed by atoms with E-state index >= 15 is 0 Å². The molecule has 0 aromatic heterocycles. The van der Waals surface area contributed by atoms with E-state index in [1.165, 1.54) is 16.8 Å². The molecule has 0 radical (unpaired) electrons. The standard InChI is InChI=1S/C32H41N3O6/c1-20(2)28(30(38)35-17-11-16-26(35)29(37)34(6)18-27(36)41-32(3,4)5)33-31(39)40-19-25-23-14-9-7-12-21(23)22-13-8-10-15-24(22)25/h7-10,12-15,20,25-26,28H,11,16-19H2,1-6H3,(H,33,39)/t26-,28+/m0/s1. The SMILES string of the molecule is CC(C)[C@@H](NC(=O)OCC1c2ccccc2-c2ccccc21)C(=O)N1CCC[C@H]1C(=O)N(C)CC(=O)OC(C)(C)C. The number of hydrogen-bond acceptors (Lipinski definition) is 6. The van der Waals surface area contributed by atoms with E-state index in [4.69, 9.17) is 9.47 Å². The van der Waals surface area contributed by atoms with Crippen molar-refractivity contribution in [1.82, 2.24) is 15.1 Å². The Morgan fingerprint density at radius 2 is 1.59 bits per heavy atom. The van der Waals surface area contributed by atoms with Gasteiger partial charge in [0.2, 0.25) is 11.8 Å². The second-order valence-electron chi connectivity index (χ2n) is 12.2. The number of likely N-dealkylation sites (N-methyl/N-ethyl adjacent to an activating group) is 1. The number of benzene rings is 2. The Bertz CT molecular complexity index is 1250. The van der Waals surface area contributed by atoms with E-state index in [1.807, 2.05) is 50.2 Å². The van der Waals surface area contributed by atoms with Gasteiger partial charge in [-0.2, -0.15) is 0 Å². The van der Waals surface area contributed by atoms with Gasteiger partial charge in [0.15, 0.2) is 0 Å². The van der Waals surface area contributed by atoms with Gasteiger partial charge in [-0.3, -0.25) is 14.4 Å². The highest BCUT2D eigenvalue weighted by Gasteiger charge is 2.40. The van der Waals surface area contributed by atoms with Crippen molar-refractivity contribution in [3.63, 3.8) is 0 Å². The van der Waals surface area contributed by atoms with Gasteiger partial charge in [-0.25, -0.2) is 4.79 Å². The first kappa shape index (κ1) is 30.1. The summed E-state index contributed by atoms with van der Waals surface area (Å²) in [6.45, 7) is 9.30. The molecule has 1 aliphatic carbocycles. The Hall–Kier alpha value is -3.88. The van der Waals surface area contributed by atoms with Crippen LogP contribution in [0.15, 0.2) is 48.5 Å². The second-order valence-corrected chi connectivity index (χ2v) is 12.2. The number of esters is 1. The molecule has 9 heteroatoms. The van der Waals surface area contributed by atoms with Crippen LogP contribution < -0.4 is 5.32 Å². The minimum atomic E-state index is -0.866. The van der Waals surface area contributed by atoms with E-state index in [2.05, 4.69) is 17.4 Å². The molecule has 2 aromatic carbocycles. The third-order valence-corrected chi connectivity index (χ3v) is 7.53. The highest BCUT2D eigenvalue weighted by Crippen LogP contribution is 2.44. The van der Waals surface area contributed by atoms with Crippen molar-refractivity contribution in [3.8, 4) is 11.1 Å². The van der Waals surface area contributed by atoms with Crippen molar-refractivity contribution in [3.05, 3.63) is 59.7 Å². The van der Waals surface area contributed by atoms with Gasteiger partial charge in [-0.15, -0.1) is 0 Å². The predicted molar refractivity (Wildman–Crippen MR) is 155 cm³/mol. The Kier molecular flexibility index (Phi) is 9.05. The lowest BCUT2D eigenvalue weighted by Gasteiger charge is -2.32. The topological polar surface area (TPSA) is 105 Å². The zero-order valence-corrected chi connectivity index (χ0v) is 24.8. The van der Waals surface area contributed by atoms with Gasteiger partial charge in [-0.1, -0.05) is 62.4 Å². The zero-order valence-electron chi connectivity index (χ0n) is 24.8. The summed E-state index contributed by atoms with van der Waals surface area (Å²) in [5.41, 5.74) is 3.81. The van der Waals surface area contributed by atoms with Gasteiger partial charge in [0.25, 0.3) is 0 Å². The monoisotopic (exact) mass is 563 g/mol. The molecule has 0 bridgehead atoms. The third kappa shape index (κ3) is 6.89. The Labute approximate surface area is 242 Å². The largest absolute Gasteiger partial charge is 0.459 e. The molecule has 1 N–H and O–H groups in total. The van der Waals surface area contributed by atoms with Crippen LogP contribution >= 0.6 is 0 Å². The van der Waals surface area contributed by atoms with Crippen molar-refractivity contribution < 1.29 is 28.7 Å². The molecule has 2 aliphatic rings. The van der Waals surface area contributed by atoms with Crippen LogP contribution in [0.25, 0.3) is 11.1 Å². The lowest BCUT2D eigenvalue weighted by atomic mass is 9.98. The molecule has 0 unspecified atom stereocenters. The smallest absolute Gasteiger partial charge is 0.407 e. The molecule has 1 saturated heterocycles. The summed E-state index contributed by atoms with van der Waals surface area (Å²) in [5.74, 6) is -1.51. The number of hydrogen-bond donors (Lipinski definition) is 1. The van der Waals surface area contributed by atoms with Gasteiger partial charge in [-0.05, 0) is 61.8 Å². The van der Waals surface area contributed by atoms with Crippen LogP contribution in [0.3, 0.4) is 0 Å². The van der Waals surface area contributed by atoms with Crippen LogP contribution in [0.4, 0.5) is 4.79 Å². The molecule has 41 heavy (non-hydrogen) atoms. The van der Waals surface area contributed by atoms with E-state index in [0.29, 0.717) is 19.4 Å². The number of likely N-dealkylation sites (tertiary alicyclic amines) is 1. The maximum atomic E-state index is 13.7. The second kappa shape index (κ2) is 12.3. The molecule has 0 spiro atoms. The quantitative estimate of drug-likeness (QED) is 0.479. The third-order valence-electron chi connectivity index (χ3n) is 7.53. The Balaban J connectivity index is 1.39. The van der Waals surface area contributed by atoms with Crippen molar-refractivity contribution >= 4 is 23.9 Å². The summed E-state index contributed by atoms with van der Waals surface area (Å²) in [6.07, 6.45) is 0.458. The fourth-order valence-electron chi connectivity index (χ4n) is 5.65. The lowest BCUT2D eigenvalue weighted by Crippen LogP contribution is -2.55. The molecule has 1 fully saturated rings. The molecule has 9 nitrogen and oxygen atoms in total. The van der Waals surface area contributed by atoms with Crippen molar-refractivity contribution in [2.75, 3.05) is 26.7 Å². The molecule has 220 valence electrons. The highest BCUT2D eigenvalue weighted by atomic mass is 16.6. The molecule has 4 rings (SSSR count). The van der Waals surface area contributed by atoms with Crippen LogP contribution in [0.5, 0.6) is 0 Å². The highest BCUT2D eigenvalue weighted by molar-refractivity contribution is 5.93. The number of carbonyl (C=O) groups excluding carboxylic acids is 4. The minimum Gasteiger partial charge on any atom is -0.459 e. The molecule has 0 saturated carbocycles. The molecule has 2 atom stereocenters. The molecule has 3 amide bonds. The number of alkyl carbamates (subject to hydrolysis) is 1. The van der Waals surface area contributed by atoms with Gasteiger partial charge in [0, 0.05) is 19.5 Å². The Morgan fingerprint density at radius 1 is 1.00 bits per heavy atom. The average molecular weight is 564 g/mol. The maximum absolute atomic E-state index is 13.7. The van der Waals surface area contributed by atoms with E-state index in [-0.39, 0.29) is 36.8 Å². The fourth-order valence-corrected chi connectivity index (χ4v) is 5.65. The summed E-state index contributed by atoms with van der Waals surface area (Å²) >= 11 is 0. The first-order valence-corrected chi connectivity index (χ1v) is 14.3. The summed E-state index contributed by atoms with van der Waals surface area (Å²) in [6, 6.07) is 14.6. The van der Waals surface area contributed by atoms with Crippen molar-refractivity contribution in [2.45, 2.75) is 71.1 Å². The van der Waals surface area contributed by atoms with Crippen LogP contribution in [-0.2, 0) is 23.9 Å². The number of nitrogens with zero attached hydrogens (tertiary/aromatic N) is 2. The first-order valence-electron chi connectivity index (χ1n) is 14.3. The maximum Gasteiger partial charge on any atom is 0.407 e. The number of ether oxygens (including phenoxy) is 2. The lowest BCUT2D eigenvalue weighted by molar-refractivity contribution is -0.159. The zero-order chi connectivity index (χ0) is 29.9. The normalized spacial score (nSPS) is 17.0. The minimum absolute atomic E-state index is 0.0950. The first-order chi connectivity index (χ1) is 19.4. The number of fused-ring (bicyclic) bond motifs is 3. The fraction of sp³-hybridized carbons (Fsp3) is 0.500. The van der Waals surface area contributed by atoms with E-state index < -0.39 is 29.7 Å². The average Bonchev–Trinajstić information content (AvgIpc) is 3.52. The molecule has 1 aliphatic heterocycles. The van der Waals surface area contributed by atoms with Crippen LogP contribution in [0, 0.1) is 5.92 Å². The summed E-state index contributed by atoms with van der Waals surface area (Å²) in [5, 5.41) is 2.76. The molecular formula is C32H41N3O6. The number of rotatable bonds is 8. The summed E-state index contributed by atoms with van der Waals surface area (Å²) in [7, 11) is 1.53. The van der Waals surface area contributed by atoms with Gasteiger partial charge < -0.3 is 24.6 Å². The van der Waals surface area contributed by atoms with Gasteiger partial charge >= 0.3 is 12.1 Å². The van der Waals surface area contributed by atoms with Gasteiger partial charge in [0.1, 0.15) is 30.8 Å².